The van der Waals surface area contributed by atoms with Crippen LogP contribution in [0.4, 0.5) is 0 Å². The number of sulfone groups is 1. The molecule has 4 nitrogen and oxygen atoms in total. The van der Waals surface area contributed by atoms with Gasteiger partial charge in [0.1, 0.15) is 0 Å². The number of amidine groups is 1. The van der Waals surface area contributed by atoms with Crippen molar-refractivity contribution in [2.75, 3.05) is 12.8 Å². The van der Waals surface area contributed by atoms with Crippen LogP contribution in [0.15, 0.2) is 28.2 Å². The van der Waals surface area contributed by atoms with E-state index in [4.69, 9.17) is 23.2 Å². The van der Waals surface area contributed by atoms with Crippen molar-refractivity contribution >= 4 is 43.9 Å². The molecular formula is C11H10Cl2N2O2S. The molecule has 0 saturated carbocycles. The second kappa shape index (κ2) is 4.99. The molecule has 0 atom stereocenters. The Balaban J connectivity index is 2.18. The van der Waals surface area contributed by atoms with Gasteiger partial charge in [0.2, 0.25) is 15.0 Å². The van der Waals surface area contributed by atoms with Crippen LogP contribution in [0, 0.1) is 0 Å². The number of benzene rings is 1. The summed E-state index contributed by atoms with van der Waals surface area (Å²) in [5.74, 6) is 0. The predicted molar refractivity (Wildman–Crippen MR) is 74.7 cm³/mol. The van der Waals surface area contributed by atoms with Crippen LogP contribution in [0.1, 0.15) is 5.56 Å². The van der Waals surface area contributed by atoms with Gasteiger partial charge in [0.15, 0.2) is 0 Å². The number of nitrogens with zero attached hydrogens (tertiary/aromatic N) is 2. The van der Waals surface area contributed by atoms with E-state index in [1.807, 2.05) is 0 Å². The fourth-order valence-electron chi connectivity index (χ4n) is 1.61. The van der Waals surface area contributed by atoms with Crippen LogP contribution in [0.5, 0.6) is 0 Å². The maximum absolute atomic E-state index is 11.3. The Labute approximate surface area is 115 Å². The van der Waals surface area contributed by atoms with E-state index in [0.29, 0.717) is 28.7 Å². The van der Waals surface area contributed by atoms with Crippen molar-refractivity contribution in [1.29, 1.82) is 0 Å². The lowest BCUT2D eigenvalue weighted by molar-refractivity contribution is 0.612. The second-order valence-corrected chi connectivity index (χ2v) is 6.79. The predicted octanol–water partition coefficient (Wildman–Crippen LogP) is 2.39. The van der Waals surface area contributed by atoms with Crippen LogP contribution in [-0.4, -0.2) is 32.1 Å². The average Bonchev–Trinajstić information content (AvgIpc) is 2.63. The van der Waals surface area contributed by atoms with Crippen LogP contribution < -0.4 is 0 Å². The molecule has 0 fully saturated rings. The van der Waals surface area contributed by atoms with E-state index >= 15 is 0 Å². The van der Waals surface area contributed by atoms with Crippen LogP contribution in [0.3, 0.4) is 0 Å². The van der Waals surface area contributed by atoms with Gasteiger partial charge in [-0.05, 0) is 23.8 Å². The van der Waals surface area contributed by atoms with Gasteiger partial charge >= 0.3 is 0 Å². The van der Waals surface area contributed by atoms with Gasteiger partial charge < -0.3 is 0 Å². The zero-order chi connectivity index (χ0) is 13.3. The lowest BCUT2D eigenvalue weighted by atomic mass is 10.1. The highest BCUT2D eigenvalue weighted by molar-refractivity contribution is 8.05. The van der Waals surface area contributed by atoms with Gasteiger partial charge in [-0.3, -0.25) is 4.99 Å². The molecule has 1 aliphatic heterocycles. The fraction of sp³-hybridized carbons (Fsp3) is 0.273. The highest BCUT2D eigenvalue weighted by atomic mass is 35.5. The molecule has 2 rings (SSSR count). The molecule has 0 N–H and O–H groups in total. The topological polar surface area (TPSA) is 58.9 Å². The molecule has 0 aromatic heterocycles. The maximum atomic E-state index is 11.3. The first kappa shape index (κ1) is 13.5. The molecule has 18 heavy (non-hydrogen) atoms. The third kappa shape index (κ3) is 3.31. The van der Waals surface area contributed by atoms with Crippen LogP contribution in [0.2, 0.25) is 10.0 Å². The molecule has 1 aromatic carbocycles. The van der Waals surface area contributed by atoms with Crippen LogP contribution in [0.25, 0.3) is 0 Å². The number of rotatable bonds is 2. The van der Waals surface area contributed by atoms with Gasteiger partial charge in [0.25, 0.3) is 0 Å². The van der Waals surface area contributed by atoms with Gasteiger partial charge in [0.05, 0.1) is 6.54 Å². The van der Waals surface area contributed by atoms with Crippen molar-refractivity contribution in [2.24, 2.45) is 9.98 Å². The smallest absolute Gasteiger partial charge is 0.242 e. The first-order valence-corrected chi connectivity index (χ1v) is 7.75. The lowest BCUT2D eigenvalue weighted by Gasteiger charge is -2.02. The van der Waals surface area contributed by atoms with E-state index in [1.165, 1.54) is 0 Å². The van der Waals surface area contributed by atoms with Gasteiger partial charge in [-0.1, -0.05) is 23.2 Å². The van der Waals surface area contributed by atoms with Crippen molar-refractivity contribution in [1.82, 2.24) is 0 Å². The third-order valence-electron chi connectivity index (χ3n) is 2.31. The highest BCUT2D eigenvalue weighted by Gasteiger charge is 2.19. The van der Waals surface area contributed by atoms with Crippen molar-refractivity contribution in [2.45, 2.75) is 6.42 Å². The molecule has 0 unspecified atom stereocenters. The average molecular weight is 305 g/mol. The van der Waals surface area contributed by atoms with Crippen molar-refractivity contribution < 1.29 is 8.42 Å². The molecule has 0 aliphatic carbocycles. The zero-order valence-electron chi connectivity index (χ0n) is 9.52. The van der Waals surface area contributed by atoms with Crippen molar-refractivity contribution in [3.63, 3.8) is 0 Å². The number of hydrogen-bond donors (Lipinski definition) is 0. The summed E-state index contributed by atoms with van der Waals surface area (Å²) >= 11 is 11.8. The minimum absolute atomic E-state index is 0.106. The molecular weight excluding hydrogens is 295 g/mol. The first-order valence-electron chi connectivity index (χ1n) is 5.10. The van der Waals surface area contributed by atoms with E-state index in [-0.39, 0.29) is 5.17 Å². The second-order valence-electron chi connectivity index (χ2n) is 4.00. The van der Waals surface area contributed by atoms with Gasteiger partial charge in [0, 0.05) is 28.4 Å². The Morgan fingerprint density at radius 3 is 2.33 bits per heavy atom. The molecule has 0 amide bonds. The Hall–Kier alpha value is -0.910. The highest BCUT2D eigenvalue weighted by Crippen LogP contribution is 2.20. The van der Waals surface area contributed by atoms with Gasteiger partial charge in [-0.25, -0.2) is 13.4 Å². The van der Waals surface area contributed by atoms with E-state index in [0.717, 1.165) is 11.8 Å². The molecule has 0 radical (unpaired) electrons. The van der Waals surface area contributed by atoms with E-state index < -0.39 is 9.84 Å². The fourth-order valence-corrected chi connectivity index (χ4v) is 2.77. The zero-order valence-corrected chi connectivity index (χ0v) is 11.8. The molecule has 0 bridgehead atoms. The largest absolute Gasteiger partial charge is 0.250 e. The quantitative estimate of drug-likeness (QED) is 0.842. The minimum atomic E-state index is -3.33. The summed E-state index contributed by atoms with van der Waals surface area (Å²) in [7, 11) is -3.33. The van der Waals surface area contributed by atoms with Gasteiger partial charge in [-0.2, -0.15) is 0 Å². The number of hydrogen-bond acceptors (Lipinski definition) is 4. The third-order valence-corrected chi connectivity index (χ3v) is 3.63. The normalized spacial score (nSPS) is 15.5. The summed E-state index contributed by atoms with van der Waals surface area (Å²) in [6.07, 6.45) is 1.58. The summed E-state index contributed by atoms with van der Waals surface area (Å²) in [5, 5.41) is 0.978. The maximum Gasteiger partial charge on any atom is 0.242 e. The minimum Gasteiger partial charge on any atom is -0.250 e. The standard InChI is InChI=1S/C11H10Cl2N2O2S/c1-18(16,17)11-14-6-10(15-11)4-7-2-8(12)5-9(13)3-7/h2-3,5H,4,6H2,1H3. The first-order chi connectivity index (χ1) is 8.34. The lowest BCUT2D eigenvalue weighted by Crippen LogP contribution is -2.08. The Kier molecular flexibility index (Phi) is 3.75. The summed E-state index contributed by atoms with van der Waals surface area (Å²) in [4.78, 5) is 7.89. The summed E-state index contributed by atoms with van der Waals surface area (Å²) < 4.78 is 22.5. The molecule has 0 saturated heterocycles. The summed E-state index contributed by atoms with van der Waals surface area (Å²) in [6.45, 7) is 0.298. The Bertz CT molecular complexity index is 631. The molecule has 1 aromatic rings. The summed E-state index contributed by atoms with van der Waals surface area (Å²) in [5.41, 5.74) is 1.57. The molecule has 96 valence electrons. The number of aliphatic imine (C=N–C) groups is 2. The molecule has 7 heteroatoms. The van der Waals surface area contributed by atoms with Crippen LogP contribution >= 0.6 is 23.2 Å². The summed E-state index contributed by atoms with van der Waals surface area (Å²) in [6, 6.07) is 5.18. The van der Waals surface area contributed by atoms with E-state index in [2.05, 4.69) is 9.98 Å². The van der Waals surface area contributed by atoms with E-state index in [9.17, 15) is 8.42 Å². The van der Waals surface area contributed by atoms with E-state index in [1.54, 1.807) is 18.2 Å². The van der Waals surface area contributed by atoms with Crippen molar-refractivity contribution in [3.8, 4) is 0 Å². The van der Waals surface area contributed by atoms with Gasteiger partial charge in [-0.15, -0.1) is 0 Å². The Morgan fingerprint density at radius 2 is 1.83 bits per heavy atom. The SMILES string of the molecule is CS(=O)(=O)C1=NCC(Cc2cc(Cl)cc(Cl)c2)=N1. The van der Waals surface area contributed by atoms with Crippen molar-refractivity contribution in [3.05, 3.63) is 33.8 Å². The molecule has 0 spiro atoms. The van der Waals surface area contributed by atoms with Crippen LogP contribution in [-0.2, 0) is 16.3 Å². The molecule has 1 aliphatic rings. The number of halogens is 2. The molecule has 1 heterocycles. The monoisotopic (exact) mass is 304 g/mol. The Morgan fingerprint density at radius 1 is 1.22 bits per heavy atom.